The van der Waals surface area contributed by atoms with E-state index >= 15 is 0 Å². The summed E-state index contributed by atoms with van der Waals surface area (Å²) in [4.78, 5) is 0. The van der Waals surface area contributed by atoms with Gasteiger partial charge in [0.15, 0.2) is 11.0 Å². The van der Waals surface area contributed by atoms with Crippen LogP contribution in [0.4, 0.5) is 0 Å². The van der Waals surface area contributed by atoms with Crippen LogP contribution in [-0.2, 0) is 7.05 Å². The molecule has 0 bridgehead atoms. The van der Waals surface area contributed by atoms with E-state index < -0.39 is 6.85 Å². The minimum atomic E-state index is -2.12. The molecule has 0 N–H and O–H groups in total. The Labute approximate surface area is 185 Å². The number of hydrogen-bond acceptors (Lipinski definition) is 0. The molecule has 0 amide bonds. The smallest absolute Gasteiger partial charge is 0.225 e. The lowest BCUT2D eigenvalue weighted by molar-refractivity contribution is -0.633. The normalized spacial score (nSPS) is 13.7. The fraction of sp³-hybridized carbons (Fsp3) is 0.321. The van der Waals surface area contributed by atoms with Crippen molar-refractivity contribution in [1.82, 2.24) is 4.57 Å². The molecule has 0 aliphatic carbocycles. The number of benzene rings is 3. The zero-order valence-electron chi connectivity index (χ0n) is 21.8. The Bertz CT molecular complexity index is 1300. The number of rotatable bonds is 4. The quantitative estimate of drug-likeness (QED) is 0.327. The molecule has 0 radical (unpaired) electrons. The average molecular weight is 401 g/mol. The summed E-state index contributed by atoms with van der Waals surface area (Å²) in [6, 6.07) is 20.6. The van der Waals surface area contributed by atoms with Gasteiger partial charge in [0.1, 0.15) is 5.69 Å². The molecule has 154 valence electrons. The number of para-hydroxylation sites is 3. The molecule has 0 aliphatic heterocycles. The molecular weight excluding hydrogens is 364 g/mol. The van der Waals surface area contributed by atoms with E-state index in [4.69, 9.17) is 4.11 Å². The van der Waals surface area contributed by atoms with Gasteiger partial charge in [0.25, 0.3) is 5.82 Å². The highest BCUT2D eigenvalue weighted by molar-refractivity contribution is 5.81. The predicted octanol–water partition coefficient (Wildman–Crippen LogP) is 6.99. The van der Waals surface area contributed by atoms with E-state index in [1.54, 1.807) is 6.07 Å². The third-order valence-electron chi connectivity index (χ3n) is 6.05. The minimum Gasteiger partial charge on any atom is -0.225 e. The Hall–Kier alpha value is -2.87. The van der Waals surface area contributed by atoms with Gasteiger partial charge < -0.3 is 0 Å². The summed E-state index contributed by atoms with van der Waals surface area (Å²) in [6.45, 7) is 8.85. The van der Waals surface area contributed by atoms with Gasteiger partial charge in [-0.25, -0.2) is 4.57 Å². The van der Waals surface area contributed by atoms with E-state index in [1.165, 1.54) is 16.8 Å². The molecule has 0 atom stereocenters. The molecule has 4 aromatic rings. The van der Waals surface area contributed by atoms with Gasteiger partial charge in [0.2, 0.25) is 0 Å². The SMILES string of the molecule is [2H]C([2H])([2H])c1ccc(-c2n(-c3c(C(C)C)cccc3C(C)C)c3ccccc3[n+]2C)c(C)c1. The van der Waals surface area contributed by atoms with Gasteiger partial charge >= 0.3 is 0 Å². The van der Waals surface area contributed by atoms with Crippen LogP contribution in [0.2, 0.25) is 0 Å². The number of imidazole rings is 1. The Morgan fingerprint density at radius 1 is 0.867 bits per heavy atom. The van der Waals surface area contributed by atoms with E-state index in [-0.39, 0.29) is 0 Å². The highest BCUT2D eigenvalue weighted by atomic mass is 15.2. The lowest BCUT2D eigenvalue weighted by Crippen LogP contribution is -2.30. The largest absolute Gasteiger partial charge is 0.295 e. The van der Waals surface area contributed by atoms with Gasteiger partial charge in [-0.3, -0.25) is 0 Å². The fourth-order valence-corrected chi connectivity index (χ4v) is 4.53. The molecule has 0 saturated heterocycles. The maximum absolute atomic E-state index is 7.83. The maximum Gasteiger partial charge on any atom is 0.295 e. The van der Waals surface area contributed by atoms with Crippen LogP contribution in [0.5, 0.6) is 0 Å². The van der Waals surface area contributed by atoms with Gasteiger partial charge in [0, 0.05) is 15.2 Å². The van der Waals surface area contributed by atoms with Gasteiger partial charge in [0.05, 0.1) is 12.6 Å². The molecule has 3 aromatic carbocycles. The van der Waals surface area contributed by atoms with Crippen molar-refractivity contribution in [3.63, 3.8) is 0 Å². The first kappa shape index (κ1) is 16.9. The standard InChI is InChI=1S/C28H33N2/c1-18(2)22-11-10-12-23(19(3)4)27(22)30-26-14-9-8-13-25(26)29(7)28(30)24-16-15-20(5)17-21(24)6/h8-19H,1-7H3/q+1/i5D3. The molecule has 0 unspecified atom stereocenters. The molecule has 1 aromatic heterocycles. The molecule has 1 heterocycles. The molecule has 0 fully saturated rings. The molecular formula is C28H33N2+. The van der Waals surface area contributed by atoms with Crippen molar-refractivity contribution >= 4 is 11.0 Å². The number of nitrogens with zero attached hydrogens (tertiary/aromatic N) is 2. The Morgan fingerprint density at radius 2 is 1.53 bits per heavy atom. The molecule has 2 nitrogen and oxygen atoms in total. The summed E-state index contributed by atoms with van der Waals surface area (Å²) in [5.74, 6) is 1.77. The topological polar surface area (TPSA) is 8.81 Å². The summed E-state index contributed by atoms with van der Waals surface area (Å²) < 4.78 is 28.1. The molecule has 30 heavy (non-hydrogen) atoms. The minimum absolute atomic E-state index is 0.358. The average Bonchev–Trinajstić information content (AvgIpc) is 3.04. The van der Waals surface area contributed by atoms with Crippen LogP contribution in [0.15, 0.2) is 60.7 Å². The maximum atomic E-state index is 7.83. The first-order valence-corrected chi connectivity index (χ1v) is 10.8. The second-order valence-electron chi connectivity index (χ2n) is 8.83. The van der Waals surface area contributed by atoms with E-state index in [1.807, 2.05) is 19.1 Å². The predicted molar refractivity (Wildman–Crippen MR) is 128 cm³/mol. The Kier molecular flexibility index (Phi) is 4.36. The van der Waals surface area contributed by atoms with Crippen molar-refractivity contribution in [2.45, 2.75) is 53.3 Å². The lowest BCUT2D eigenvalue weighted by atomic mass is 9.92. The number of fused-ring (bicyclic) bond motifs is 1. The van der Waals surface area contributed by atoms with Crippen molar-refractivity contribution in [3.8, 4) is 17.1 Å². The summed E-state index contributed by atoms with van der Waals surface area (Å²) in [6.07, 6.45) is 0. The molecule has 0 aliphatic rings. The van der Waals surface area contributed by atoms with Crippen molar-refractivity contribution < 1.29 is 8.68 Å². The van der Waals surface area contributed by atoms with Gasteiger partial charge in [-0.1, -0.05) is 75.7 Å². The van der Waals surface area contributed by atoms with E-state index in [2.05, 4.69) is 86.3 Å². The monoisotopic (exact) mass is 400 g/mol. The first-order chi connectivity index (χ1) is 15.5. The number of aromatic nitrogens is 2. The van der Waals surface area contributed by atoms with E-state index in [9.17, 15) is 0 Å². The van der Waals surface area contributed by atoms with Crippen LogP contribution >= 0.6 is 0 Å². The third-order valence-corrected chi connectivity index (χ3v) is 6.05. The summed E-state index contributed by atoms with van der Waals surface area (Å²) in [7, 11) is 2.10. The van der Waals surface area contributed by atoms with Gasteiger partial charge in [-0.15, -0.1) is 0 Å². The summed E-state index contributed by atoms with van der Waals surface area (Å²) >= 11 is 0. The van der Waals surface area contributed by atoms with Crippen molar-refractivity contribution in [3.05, 3.63) is 82.9 Å². The van der Waals surface area contributed by atoms with Crippen LogP contribution in [0.1, 0.15) is 65.9 Å². The van der Waals surface area contributed by atoms with E-state index in [0.29, 0.717) is 17.4 Å². The summed E-state index contributed by atoms with van der Waals surface area (Å²) in [5, 5.41) is 0. The molecule has 2 heteroatoms. The van der Waals surface area contributed by atoms with Gasteiger partial charge in [-0.05, 0) is 49.4 Å². The Morgan fingerprint density at radius 3 is 2.13 bits per heavy atom. The molecule has 0 spiro atoms. The van der Waals surface area contributed by atoms with Crippen LogP contribution in [-0.4, -0.2) is 4.57 Å². The second kappa shape index (κ2) is 7.75. The van der Waals surface area contributed by atoms with E-state index in [0.717, 1.165) is 28.0 Å². The van der Waals surface area contributed by atoms with Crippen LogP contribution < -0.4 is 4.57 Å². The zero-order valence-corrected chi connectivity index (χ0v) is 18.8. The van der Waals surface area contributed by atoms with Crippen LogP contribution in [0, 0.1) is 13.8 Å². The molecule has 4 rings (SSSR count). The number of hydrogen-bond donors (Lipinski definition) is 0. The zero-order chi connectivity index (χ0) is 24.1. The molecule has 0 saturated carbocycles. The second-order valence-corrected chi connectivity index (χ2v) is 8.83. The lowest BCUT2D eigenvalue weighted by Gasteiger charge is -2.18. The fourth-order valence-electron chi connectivity index (χ4n) is 4.53. The van der Waals surface area contributed by atoms with Crippen molar-refractivity contribution in [2.24, 2.45) is 7.05 Å². The highest BCUT2D eigenvalue weighted by Crippen LogP contribution is 2.37. The van der Waals surface area contributed by atoms with Gasteiger partial charge in [-0.2, -0.15) is 4.57 Å². The van der Waals surface area contributed by atoms with Crippen LogP contribution in [0.25, 0.3) is 28.1 Å². The Balaban J connectivity index is 2.15. The third kappa shape index (κ3) is 3.25. The van der Waals surface area contributed by atoms with Crippen molar-refractivity contribution in [2.75, 3.05) is 0 Å². The first-order valence-electron chi connectivity index (χ1n) is 12.3. The highest BCUT2D eigenvalue weighted by Gasteiger charge is 2.30. The summed E-state index contributed by atoms with van der Waals surface area (Å²) in [5.41, 5.74) is 8.49. The van der Waals surface area contributed by atoms with Crippen molar-refractivity contribution in [1.29, 1.82) is 0 Å². The van der Waals surface area contributed by atoms with Crippen LogP contribution in [0.3, 0.4) is 0 Å². The number of aryl methyl sites for hydroxylation is 3.